The Kier molecular flexibility index (Phi) is 33.2. The van der Waals surface area contributed by atoms with Crippen molar-refractivity contribution in [2.45, 2.75) is 428 Å². The van der Waals surface area contributed by atoms with Gasteiger partial charge in [-0.15, -0.1) is 0 Å². The molecule has 0 heterocycles. The van der Waals surface area contributed by atoms with Crippen LogP contribution < -0.4 is 0 Å². The Balaban J connectivity index is 0.000000142. The van der Waals surface area contributed by atoms with Crippen molar-refractivity contribution in [3.8, 4) is 0 Å². The van der Waals surface area contributed by atoms with Crippen molar-refractivity contribution in [2.24, 2.45) is 233 Å². The normalized spacial score (nSPS) is 45.5. The average Bonchev–Trinajstić information content (AvgIpc) is 1.45. The Hall–Kier alpha value is -3.50. The molecule has 0 spiro atoms. The number of allylic oxidation sites excluding steroid dienone is 8. The lowest BCUT2D eigenvalue weighted by Crippen LogP contribution is -2.59. The smallest absolute Gasteiger partial charge is 0.338 e. The molecule has 0 amide bonds. The fourth-order valence-electron chi connectivity index (χ4n) is 37.8. The van der Waals surface area contributed by atoms with E-state index in [1.165, 1.54) is 128 Å². The van der Waals surface area contributed by atoms with Crippen LogP contribution in [0.4, 0.5) is 0 Å². The number of ketones is 3. The third kappa shape index (κ3) is 19.9. The number of Topliss-reactive ketones (excluding diaryl/α,β-unsaturated/α-hetero) is 3. The van der Waals surface area contributed by atoms with E-state index in [9.17, 15) is 39.6 Å². The van der Waals surface area contributed by atoms with E-state index >= 15 is 0 Å². The average molecular weight is 1820 g/mol. The van der Waals surface area contributed by atoms with Gasteiger partial charge >= 0.3 is 5.97 Å². The molecular formula is C123H198O9. The molecule has 0 bridgehead atoms. The molecule has 1 aromatic carbocycles. The van der Waals surface area contributed by atoms with E-state index in [0.29, 0.717) is 217 Å². The molecule has 0 aromatic heterocycles. The number of carbonyl (C=O) groups is 4. The van der Waals surface area contributed by atoms with E-state index in [1.54, 1.807) is 0 Å². The number of hydrogen-bond acceptors (Lipinski definition) is 9. The number of benzene rings is 1. The number of aliphatic hydroxyl groups excluding tert-OH is 4. The van der Waals surface area contributed by atoms with Gasteiger partial charge in [-0.25, -0.2) is 4.79 Å². The van der Waals surface area contributed by atoms with Gasteiger partial charge in [-0.2, -0.15) is 0 Å². The molecule has 9 nitrogen and oxygen atoms in total. The number of carbonyl (C=O) groups excluding carboxylic acids is 4. The predicted molar refractivity (Wildman–Crippen MR) is 545 cm³/mol. The summed E-state index contributed by atoms with van der Waals surface area (Å²) in [5, 5.41) is 43.3. The Morgan fingerprint density at radius 1 is 0.341 bits per heavy atom. The van der Waals surface area contributed by atoms with Gasteiger partial charge < -0.3 is 25.2 Å². The van der Waals surface area contributed by atoms with Gasteiger partial charge in [-0.3, -0.25) is 14.4 Å². The maximum Gasteiger partial charge on any atom is 0.338 e. The van der Waals surface area contributed by atoms with Gasteiger partial charge in [0.25, 0.3) is 0 Å². The van der Waals surface area contributed by atoms with Gasteiger partial charge in [0.05, 0.1) is 30.0 Å². The number of rotatable bonds is 22. The van der Waals surface area contributed by atoms with Crippen molar-refractivity contribution in [1.82, 2.24) is 0 Å². The third-order valence-electron chi connectivity index (χ3n) is 46.1. The second kappa shape index (κ2) is 42.0. The molecule has 17 rings (SSSR count). The molecule has 744 valence electrons. The predicted octanol–water partition coefficient (Wildman–Crippen LogP) is 29.9. The summed E-state index contributed by atoms with van der Waals surface area (Å²) in [5.41, 5.74) is 3.03. The van der Waals surface area contributed by atoms with Crippen molar-refractivity contribution >= 4 is 23.3 Å². The topological polar surface area (TPSA) is 158 Å². The van der Waals surface area contributed by atoms with E-state index in [1.807, 2.05) is 30.3 Å². The third-order valence-corrected chi connectivity index (χ3v) is 46.1. The molecule has 16 saturated carbocycles. The lowest BCUT2D eigenvalue weighted by atomic mass is 9.43. The molecule has 20 unspecified atom stereocenters. The van der Waals surface area contributed by atoms with Gasteiger partial charge in [-0.1, -0.05) is 233 Å². The van der Waals surface area contributed by atoms with Crippen LogP contribution in [0.25, 0.3) is 0 Å². The van der Waals surface area contributed by atoms with Gasteiger partial charge in [-0.05, 0) is 432 Å². The highest BCUT2D eigenvalue weighted by molar-refractivity contribution is 5.89. The minimum absolute atomic E-state index is 0.0914. The summed E-state index contributed by atoms with van der Waals surface area (Å²) < 4.78 is 6.48. The van der Waals surface area contributed by atoms with E-state index in [-0.39, 0.29) is 64.1 Å². The summed E-state index contributed by atoms with van der Waals surface area (Å²) in [4.78, 5) is 51.6. The van der Waals surface area contributed by atoms with Crippen LogP contribution in [0, 0.1) is 233 Å². The molecule has 41 atom stereocenters. The van der Waals surface area contributed by atoms with Gasteiger partial charge in [0, 0.05) is 43.9 Å². The summed E-state index contributed by atoms with van der Waals surface area (Å²) in [5.74, 6) is 20.2. The number of hydrogen-bond donors (Lipinski definition) is 4. The summed E-state index contributed by atoms with van der Waals surface area (Å²) in [6.07, 6.45) is 59.0. The standard InChI is InChI=1S/C36H52O3.C29H50O2.2C29H48O2/c1-7-25(23(2)3)14-13-24(4)29-15-16-30-33-31(18-20-36(29,30)6)35(5)19-17-28(37)21-27(35)22-32(33)39-34(38)26-11-9-8-10-12-26;3*1-7-20(18(2)3)9-8-19(4)23-10-11-24-27-25(13-15-29(23,24)6)28(5)14-12-22(30)16-21(28)17-26(27)31/h8-14,23-25,27,29-33H,7,15-22H2,1-6H3;8-9,18-27,30-31H,7,10-17H2,1-6H3;8-9,18-21,23-27,31H,7,10-17H2,1-6H3;8-9,18-25,27,30H,7,10-17H2,1-6H3/b14-13+;3*9-8+/t24?,25?,27-,29-,30?,31?,32-,33?,35+,36-;19?,20?,21-,22+,23-,24?,25?,26-,27?,28+,29-;19?,20?,21-,23-,24?,25?,26-,27?,28+,29-;19?,20?,21-,22+,23-,24?,25?,27?,28+,29-/m1111/s1. The Morgan fingerprint density at radius 3 is 1.02 bits per heavy atom. The van der Waals surface area contributed by atoms with Crippen LogP contribution >= 0.6 is 0 Å². The minimum atomic E-state index is -0.200. The first-order valence-electron chi connectivity index (χ1n) is 56.7. The zero-order chi connectivity index (χ0) is 95.6. The van der Waals surface area contributed by atoms with Crippen molar-refractivity contribution in [3.63, 3.8) is 0 Å². The van der Waals surface area contributed by atoms with Crippen molar-refractivity contribution < 1.29 is 44.3 Å². The maximum atomic E-state index is 13.5. The number of aliphatic hydroxyl groups is 4. The van der Waals surface area contributed by atoms with Crippen molar-refractivity contribution in [3.05, 3.63) is 84.5 Å². The molecule has 16 aliphatic carbocycles. The van der Waals surface area contributed by atoms with Crippen LogP contribution in [-0.4, -0.2) is 74.3 Å². The molecule has 0 aliphatic heterocycles. The van der Waals surface area contributed by atoms with E-state index in [4.69, 9.17) is 4.74 Å². The maximum absolute atomic E-state index is 13.5. The first-order valence-corrected chi connectivity index (χ1v) is 56.7. The second-order valence-electron chi connectivity index (χ2n) is 53.2. The summed E-state index contributed by atoms with van der Waals surface area (Å²) >= 11 is 0. The van der Waals surface area contributed by atoms with Crippen LogP contribution in [0.5, 0.6) is 0 Å². The second-order valence-corrected chi connectivity index (χ2v) is 53.2. The van der Waals surface area contributed by atoms with E-state index in [2.05, 4.69) is 215 Å². The van der Waals surface area contributed by atoms with E-state index in [0.717, 1.165) is 114 Å². The van der Waals surface area contributed by atoms with Crippen LogP contribution in [0.1, 0.15) is 408 Å². The molecule has 132 heavy (non-hydrogen) atoms. The SMILES string of the molecule is CCC(/C=C/C(C)[C@H]1CCC2C3C(=O)C[C@H]4C[C@@H](O)CC[C@]4(C)C3CC[C@@]21C)C(C)C.CCC(/C=C/C(C)[C@H]1CCC2C3C(CC[C@@]21C)[C@@]1(C)CCC(=O)C[C@@H]1C[C@H]3O)C(C)C.CCC(/C=C/C(C)[C@H]1CCC2C3C(CC[C@@]21C)[C@@]1(C)CCC(=O)C[C@@H]1C[C@H]3OC(=O)c1ccccc1)C(C)C.CCC(/C=C/C(C)[C@H]1CCC2C3C(CC[C@@]21C)[C@@]1(C)CC[C@H](O)C[C@@H]1C[C@H]3O)C(C)C. The highest BCUT2D eigenvalue weighted by atomic mass is 16.5. The molecule has 1 aromatic rings. The zero-order valence-electron chi connectivity index (χ0n) is 88.7. The Bertz CT molecular complexity index is 4120. The van der Waals surface area contributed by atoms with Crippen LogP contribution in [0.15, 0.2) is 78.9 Å². The van der Waals surface area contributed by atoms with Crippen molar-refractivity contribution in [2.75, 3.05) is 0 Å². The minimum Gasteiger partial charge on any atom is -0.458 e. The number of fused-ring (bicyclic) bond motifs is 20. The zero-order valence-corrected chi connectivity index (χ0v) is 88.7. The van der Waals surface area contributed by atoms with Gasteiger partial charge in [0.15, 0.2) is 0 Å². The summed E-state index contributed by atoms with van der Waals surface area (Å²) in [6.45, 7) is 58.0. The fraction of sp³-hybridized carbons (Fsp3) is 0.854. The largest absolute Gasteiger partial charge is 0.458 e. The molecule has 0 saturated heterocycles. The van der Waals surface area contributed by atoms with Gasteiger partial charge in [0.1, 0.15) is 23.5 Å². The summed E-state index contributed by atoms with van der Waals surface area (Å²) in [6, 6.07) is 9.49. The Labute approximate surface area is 807 Å². The lowest BCUT2D eigenvalue weighted by molar-refractivity contribution is -0.173. The first kappa shape index (κ1) is 104. The van der Waals surface area contributed by atoms with Crippen molar-refractivity contribution in [1.29, 1.82) is 0 Å². The first-order chi connectivity index (χ1) is 62.4. The molecule has 4 N–H and O–H groups in total. The highest BCUT2D eigenvalue weighted by Crippen LogP contribution is 2.74. The van der Waals surface area contributed by atoms with Crippen LogP contribution in [-0.2, 0) is 19.1 Å². The molecule has 9 heteroatoms. The molecular weight excluding hydrogens is 1620 g/mol. The van der Waals surface area contributed by atoms with Crippen LogP contribution in [0.3, 0.4) is 0 Å². The van der Waals surface area contributed by atoms with E-state index < -0.39 is 0 Å². The molecule has 16 aliphatic rings. The monoisotopic (exact) mass is 1820 g/mol. The summed E-state index contributed by atoms with van der Waals surface area (Å²) in [7, 11) is 0. The number of esters is 1. The molecule has 16 fully saturated rings. The number of ether oxygens (including phenoxy) is 1. The van der Waals surface area contributed by atoms with Crippen LogP contribution in [0.2, 0.25) is 0 Å². The quantitative estimate of drug-likeness (QED) is 0.0655. The lowest BCUT2D eigenvalue weighted by Gasteiger charge is -2.62. The van der Waals surface area contributed by atoms with Gasteiger partial charge in [0.2, 0.25) is 0 Å². The molecule has 0 radical (unpaired) electrons. The fourth-order valence-corrected chi connectivity index (χ4v) is 37.8. The highest BCUT2D eigenvalue weighted by Gasteiger charge is 2.69. The Morgan fingerprint density at radius 2 is 0.636 bits per heavy atom.